The van der Waals surface area contributed by atoms with Crippen molar-refractivity contribution in [2.24, 2.45) is 4.99 Å². The van der Waals surface area contributed by atoms with Crippen LogP contribution in [0.3, 0.4) is 0 Å². The fraction of sp³-hybridized carbons (Fsp3) is 0.433. The van der Waals surface area contributed by atoms with Crippen LogP contribution in [0.4, 0.5) is 5.82 Å². The third kappa shape index (κ3) is 5.72. The molecule has 11 heteroatoms. The van der Waals surface area contributed by atoms with E-state index in [1.807, 2.05) is 30.0 Å². The van der Waals surface area contributed by atoms with Crippen LogP contribution in [0.1, 0.15) is 70.1 Å². The second kappa shape index (κ2) is 11.9. The standard InChI is InChI=1S/C30H35ClN4O5S/c1-4-6-13-26-32-30(16-9-10-17-30)29(36)35(26)19-21-14-15-22(24(18-21)39-5-2)23-11-7-8-12-25(23)41(37,38)34-28-27(31)20(3)40-33-28/h7-8,11-12,14-15,18H,4-6,9-10,13,16-17,19H2,1-3H3,(H,33,34). The molecule has 0 unspecified atom stereocenters. The number of nitrogens with one attached hydrogen (secondary N) is 1. The van der Waals surface area contributed by atoms with E-state index < -0.39 is 15.6 Å². The molecule has 1 amide bonds. The van der Waals surface area contributed by atoms with E-state index in [1.165, 1.54) is 6.07 Å². The van der Waals surface area contributed by atoms with E-state index in [-0.39, 0.29) is 21.6 Å². The fourth-order valence-electron chi connectivity index (χ4n) is 5.57. The number of sulfonamides is 1. The summed E-state index contributed by atoms with van der Waals surface area (Å²) in [6.45, 7) is 6.37. The molecular weight excluding hydrogens is 564 g/mol. The molecule has 2 aliphatic rings. The van der Waals surface area contributed by atoms with Gasteiger partial charge in [0.1, 0.15) is 22.1 Å². The topological polar surface area (TPSA) is 114 Å². The summed E-state index contributed by atoms with van der Waals surface area (Å²) in [6, 6.07) is 12.3. The summed E-state index contributed by atoms with van der Waals surface area (Å²) in [4.78, 5) is 20.5. The maximum atomic E-state index is 13.6. The SMILES string of the molecule is CCCCC1=NC2(CCCC2)C(=O)N1Cc1ccc(-c2ccccc2S(=O)(=O)Nc2noc(C)c2Cl)c(OCC)c1. The van der Waals surface area contributed by atoms with E-state index >= 15 is 0 Å². The lowest BCUT2D eigenvalue weighted by molar-refractivity contribution is -0.131. The molecule has 9 nitrogen and oxygen atoms in total. The Labute approximate surface area is 246 Å². The minimum absolute atomic E-state index is 0.0392. The minimum Gasteiger partial charge on any atom is -0.493 e. The highest BCUT2D eigenvalue weighted by Crippen LogP contribution is 2.41. The van der Waals surface area contributed by atoms with Gasteiger partial charge in [0.15, 0.2) is 5.76 Å². The van der Waals surface area contributed by atoms with Crippen LogP contribution in [0.15, 0.2) is 56.9 Å². The summed E-state index contributed by atoms with van der Waals surface area (Å²) in [5, 5.41) is 3.83. The van der Waals surface area contributed by atoms with Gasteiger partial charge in [-0.1, -0.05) is 73.3 Å². The second-order valence-electron chi connectivity index (χ2n) is 10.5. The predicted molar refractivity (Wildman–Crippen MR) is 159 cm³/mol. The van der Waals surface area contributed by atoms with E-state index in [4.69, 9.17) is 25.9 Å². The summed E-state index contributed by atoms with van der Waals surface area (Å²) in [5.74, 6) is 1.72. The number of aromatic nitrogens is 1. The maximum Gasteiger partial charge on any atom is 0.263 e. The number of carbonyl (C=O) groups excluding carboxylic acids is 1. The van der Waals surface area contributed by atoms with Crippen molar-refractivity contribution in [3.63, 3.8) is 0 Å². The number of carbonyl (C=O) groups is 1. The number of unbranched alkanes of at least 4 members (excludes halogenated alkanes) is 1. The number of ether oxygens (including phenoxy) is 1. The number of nitrogens with zero attached hydrogens (tertiary/aromatic N) is 3. The van der Waals surface area contributed by atoms with Crippen LogP contribution in [0.2, 0.25) is 5.02 Å². The van der Waals surface area contributed by atoms with Gasteiger partial charge >= 0.3 is 0 Å². The Hall–Kier alpha value is -3.37. The van der Waals surface area contributed by atoms with Gasteiger partial charge in [-0.05, 0) is 50.8 Å². The molecule has 3 aromatic rings. The molecule has 2 aromatic carbocycles. The number of anilines is 1. The monoisotopic (exact) mass is 598 g/mol. The fourth-order valence-corrected chi connectivity index (χ4v) is 6.97. The van der Waals surface area contributed by atoms with Crippen molar-refractivity contribution in [2.45, 2.75) is 82.7 Å². The Morgan fingerprint density at radius 2 is 1.88 bits per heavy atom. The van der Waals surface area contributed by atoms with Crippen LogP contribution in [-0.4, -0.2) is 42.4 Å². The summed E-state index contributed by atoms with van der Waals surface area (Å²) < 4.78 is 40.4. The number of rotatable bonds is 11. The molecule has 218 valence electrons. The van der Waals surface area contributed by atoms with Gasteiger partial charge in [0.25, 0.3) is 15.9 Å². The molecule has 1 saturated carbocycles. The number of hydrogen-bond acceptors (Lipinski definition) is 7. The number of aliphatic imine (C=N–C) groups is 1. The minimum atomic E-state index is -4.08. The first-order valence-electron chi connectivity index (χ1n) is 14.1. The molecule has 1 N–H and O–H groups in total. The van der Waals surface area contributed by atoms with Gasteiger partial charge in [-0.2, -0.15) is 0 Å². The van der Waals surface area contributed by atoms with E-state index in [2.05, 4.69) is 16.8 Å². The predicted octanol–water partition coefficient (Wildman–Crippen LogP) is 6.75. The molecule has 1 aliphatic carbocycles. The smallest absolute Gasteiger partial charge is 0.263 e. The average molecular weight is 599 g/mol. The Bertz CT molecular complexity index is 1580. The van der Waals surface area contributed by atoms with Crippen molar-refractivity contribution in [2.75, 3.05) is 11.3 Å². The molecule has 0 saturated heterocycles. The summed E-state index contributed by atoms with van der Waals surface area (Å²) in [7, 11) is -4.08. The molecule has 1 spiro atoms. The highest BCUT2D eigenvalue weighted by molar-refractivity contribution is 7.92. The first-order chi connectivity index (χ1) is 19.7. The number of amides is 1. The Morgan fingerprint density at radius 1 is 1.12 bits per heavy atom. The first kappa shape index (κ1) is 29.1. The van der Waals surface area contributed by atoms with Gasteiger partial charge in [-0.25, -0.2) is 8.42 Å². The van der Waals surface area contributed by atoms with E-state index in [0.717, 1.165) is 56.3 Å². The lowest BCUT2D eigenvalue weighted by Gasteiger charge is -2.23. The molecule has 0 atom stereocenters. The van der Waals surface area contributed by atoms with Gasteiger partial charge in [0.05, 0.1) is 18.0 Å². The van der Waals surface area contributed by atoms with Crippen LogP contribution in [0.5, 0.6) is 5.75 Å². The molecule has 0 radical (unpaired) electrons. The van der Waals surface area contributed by atoms with Crippen LogP contribution in [0.25, 0.3) is 11.1 Å². The molecule has 0 bridgehead atoms. The number of amidine groups is 1. The van der Waals surface area contributed by atoms with E-state index in [1.54, 1.807) is 25.1 Å². The average Bonchev–Trinajstić information content (AvgIpc) is 3.63. The van der Waals surface area contributed by atoms with Crippen molar-refractivity contribution in [1.82, 2.24) is 10.1 Å². The van der Waals surface area contributed by atoms with Crippen molar-refractivity contribution >= 4 is 39.2 Å². The molecule has 2 heterocycles. The first-order valence-corrected chi connectivity index (χ1v) is 16.0. The van der Waals surface area contributed by atoms with Crippen molar-refractivity contribution in [3.8, 4) is 16.9 Å². The van der Waals surface area contributed by atoms with Crippen LogP contribution < -0.4 is 9.46 Å². The summed E-state index contributed by atoms with van der Waals surface area (Å²) >= 11 is 6.16. The van der Waals surface area contributed by atoms with Gasteiger partial charge in [-0.3, -0.25) is 19.4 Å². The van der Waals surface area contributed by atoms with Crippen molar-refractivity contribution in [1.29, 1.82) is 0 Å². The zero-order valence-corrected chi connectivity index (χ0v) is 25.1. The normalized spacial score (nSPS) is 16.4. The van der Waals surface area contributed by atoms with E-state index in [0.29, 0.717) is 35.8 Å². The highest BCUT2D eigenvalue weighted by atomic mass is 35.5. The Balaban J connectivity index is 1.47. The maximum absolute atomic E-state index is 13.6. The summed E-state index contributed by atoms with van der Waals surface area (Å²) in [5.41, 5.74) is 1.35. The third-order valence-corrected chi connectivity index (χ3v) is 9.50. The number of benzene rings is 2. The molecule has 41 heavy (non-hydrogen) atoms. The molecule has 5 rings (SSSR count). The Kier molecular flexibility index (Phi) is 8.42. The zero-order valence-electron chi connectivity index (χ0n) is 23.6. The molecule has 1 fully saturated rings. The summed E-state index contributed by atoms with van der Waals surface area (Å²) in [6.07, 6.45) is 6.42. The molecule has 1 aromatic heterocycles. The number of aryl methyl sites for hydroxylation is 1. The molecular formula is C30H35ClN4O5S. The van der Waals surface area contributed by atoms with Gasteiger partial charge in [0, 0.05) is 17.5 Å². The van der Waals surface area contributed by atoms with Crippen molar-refractivity contribution < 1.29 is 22.5 Å². The number of hydrogen-bond donors (Lipinski definition) is 1. The van der Waals surface area contributed by atoms with Gasteiger partial charge in [0.2, 0.25) is 5.82 Å². The quantitative estimate of drug-likeness (QED) is 0.261. The lowest BCUT2D eigenvalue weighted by Crippen LogP contribution is -2.40. The van der Waals surface area contributed by atoms with E-state index in [9.17, 15) is 13.2 Å². The van der Waals surface area contributed by atoms with Gasteiger partial charge < -0.3 is 9.26 Å². The van der Waals surface area contributed by atoms with Crippen LogP contribution >= 0.6 is 11.6 Å². The lowest BCUT2D eigenvalue weighted by atomic mass is 9.98. The second-order valence-corrected chi connectivity index (χ2v) is 12.6. The van der Waals surface area contributed by atoms with Crippen LogP contribution in [-0.2, 0) is 21.4 Å². The Morgan fingerprint density at radius 3 is 2.56 bits per heavy atom. The number of halogens is 1. The highest BCUT2D eigenvalue weighted by Gasteiger charge is 2.49. The largest absolute Gasteiger partial charge is 0.493 e. The van der Waals surface area contributed by atoms with Crippen LogP contribution in [0, 0.1) is 6.92 Å². The van der Waals surface area contributed by atoms with Gasteiger partial charge in [-0.15, -0.1) is 0 Å². The zero-order chi connectivity index (χ0) is 29.2. The molecule has 1 aliphatic heterocycles. The third-order valence-electron chi connectivity index (χ3n) is 7.66. The van der Waals surface area contributed by atoms with Crippen molar-refractivity contribution in [3.05, 3.63) is 58.8 Å².